The van der Waals surface area contributed by atoms with Crippen LogP contribution in [0.15, 0.2) is 54.6 Å². The lowest BCUT2D eigenvalue weighted by Crippen LogP contribution is -2.57. The molecular formula is C28H32N4O6. The number of piperidine rings is 1. The molecule has 4 N–H and O–H groups in total. The monoisotopic (exact) mass is 520 g/mol. The summed E-state index contributed by atoms with van der Waals surface area (Å²) in [5, 5.41) is 22.8. The van der Waals surface area contributed by atoms with E-state index < -0.39 is 35.8 Å². The minimum atomic E-state index is -1.15. The number of benzene rings is 2. The van der Waals surface area contributed by atoms with Gasteiger partial charge >= 0.3 is 6.09 Å². The number of carboxylic acid groups (broad SMARTS) is 1. The van der Waals surface area contributed by atoms with Crippen LogP contribution in [0.4, 0.5) is 10.5 Å². The fourth-order valence-electron chi connectivity index (χ4n) is 5.23. The molecule has 0 bridgehead atoms. The Labute approximate surface area is 220 Å². The number of rotatable bonds is 8. The van der Waals surface area contributed by atoms with Crippen molar-refractivity contribution in [3.63, 3.8) is 0 Å². The Balaban J connectivity index is 1.44. The summed E-state index contributed by atoms with van der Waals surface area (Å²) in [6.07, 6.45) is 0.0288. The zero-order chi connectivity index (χ0) is 27.2. The third-order valence-corrected chi connectivity index (χ3v) is 6.96. The molecule has 0 spiro atoms. The van der Waals surface area contributed by atoms with Gasteiger partial charge in [0.1, 0.15) is 12.4 Å². The van der Waals surface area contributed by atoms with Crippen LogP contribution in [0.25, 0.3) is 10.9 Å². The van der Waals surface area contributed by atoms with E-state index in [2.05, 4.69) is 10.3 Å². The lowest BCUT2D eigenvalue weighted by Gasteiger charge is -2.42. The molecule has 0 saturated carbocycles. The molecule has 4 rings (SSSR count). The van der Waals surface area contributed by atoms with Crippen LogP contribution in [0, 0.1) is 18.8 Å². The average molecular weight is 521 g/mol. The van der Waals surface area contributed by atoms with Crippen molar-refractivity contribution >= 4 is 34.5 Å². The highest BCUT2D eigenvalue weighted by molar-refractivity contribution is 5.96. The molecule has 1 aliphatic rings. The lowest BCUT2D eigenvalue weighted by molar-refractivity contribution is -0.144. The van der Waals surface area contributed by atoms with E-state index in [1.54, 1.807) is 29.7 Å². The summed E-state index contributed by atoms with van der Waals surface area (Å²) in [5.74, 6) is -2.36. The molecule has 2 aromatic carbocycles. The molecule has 0 radical (unpaired) electrons. The first-order valence-corrected chi connectivity index (χ1v) is 12.6. The molecule has 38 heavy (non-hydrogen) atoms. The van der Waals surface area contributed by atoms with Crippen molar-refractivity contribution in [1.29, 1.82) is 0 Å². The van der Waals surface area contributed by atoms with Crippen LogP contribution < -0.4 is 15.5 Å². The number of hydroxylamine groups is 1. The van der Waals surface area contributed by atoms with Crippen molar-refractivity contribution in [1.82, 2.24) is 15.4 Å². The second-order valence-electron chi connectivity index (χ2n) is 9.47. The van der Waals surface area contributed by atoms with Gasteiger partial charge in [0.25, 0.3) is 0 Å². The fourth-order valence-corrected chi connectivity index (χ4v) is 5.23. The molecule has 3 amide bonds. The summed E-state index contributed by atoms with van der Waals surface area (Å²) in [6, 6.07) is 16.1. The number of pyridine rings is 1. The third kappa shape index (κ3) is 5.86. The Kier molecular flexibility index (Phi) is 8.42. The van der Waals surface area contributed by atoms with Crippen LogP contribution in [0.3, 0.4) is 0 Å². The number of aromatic nitrogens is 1. The second kappa shape index (κ2) is 11.9. The van der Waals surface area contributed by atoms with Crippen LogP contribution in [0.1, 0.15) is 37.4 Å². The van der Waals surface area contributed by atoms with Gasteiger partial charge in [-0.25, -0.2) is 10.3 Å². The molecule has 10 nitrogen and oxygen atoms in total. The highest BCUT2D eigenvalue weighted by Crippen LogP contribution is 2.33. The van der Waals surface area contributed by atoms with E-state index >= 15 is 0 Å². The normalized spacial score (nSPS) is 19.1. The number of anilines is 1. The van der Waals surface area contributed by atoms with Crippen LogP contribution in [0.2, 0.25) is 0 Å². The van der Waals surface area contributed by atoms with Crippen LogP contribution in [-0.4, -0.2) is 50.7 Å². The molecular weight excluding hydrogens is 488 g/mol. The number of likely N-dealkylation sites (tertiary alicyclic amines) is 1. The minimum Gasteiger partial charge on any atom is -0.489 e. The zero-order valence-electron chi connectivity index (χ0n) is 21.4. The van der Waals surface area contributed by atoms with Gasteiger partial charge in [-0.05, 0) is 56.2 Å². The number of amides is 3. The molecule has 200 valence electrons. The molecule has 0 aliphatic carbocycles. The number of carbonyl (C=O) groups is 3. The predicted molar refractivity (Wildman–Crippen MR) is 141 cm³/mol. The smallest absolute Gasteiger partial charge is 0.407 e. The first-order chi connectivity index (χ1) is 18.3. The quantitative estimate of drug-likeness (QED) is 0.256. The third-order valence-electron chi connectivity index (χ3n) is 6.96. The molecule has 0 unspecified atom stereocenters. The standard InChI is InChI=1S/C28H32N4O6/c1-3-6-24-25(27(34)31-37)22(13-14-32(24)28(35)36)26(33)30-19-9-11-20(12-10-19)38-16-18-15-17(2)29-23-8-5-4-7-21(18)23/h4-5,7-12,15,22,24-25,37H,3,6,13-14,16H2,1-2H3,(H,30,33)(H,31,34)(H,35,36)/t22-,24+,25+/m0/s1. The summed E-state index contributed by atoms with van der Waals surface area (Å²) in [7, 11) is 0. The Hall–Kier alpha value is -4.18. The topological polar surface area (TPSA) is 141 Å². The average Bonchev–Trinajstić information content (AvgIpc) is 2.91. The lowest BCUT2D eigenvalue weighted by atomic mass is 9.77. The maximum atomic E-state index is 13.2. The van der Waals surface area contributed by atoms with Crippen LogP contribution in [-0.2, 0) is 16.2 Å². The van der Waals surface area contributed by atoms with Crippen molar-refractivity contribution in [2.75, 3.05) is 11.9 Å². The summed E-state index contributed by atoms with van der Waals surface area (Å²) in [4.78, 5) is 43.2. The molecule has 10 heteroatoms. The molecule has 1 fully saturated rings. The van der Waals surface area contributed by atoms with Gasteiger partial charge in [0, 0.05) is 34.9 Å². The highest BCUT2D eigenvalue weighted by Gasteiger charge is 2.46. The van der Waals surface area contributed by atoms with E-state index in [0.717, 1.165) is 22.2 Å². The maximum Gasteiger partial charge on any atom is 0.407 e. The minimum absolute atomic E-state index is 0.128. The number of fused-ring (bicyclic) bond motifs is 1. The van der Waals surface area contributed by atoms with E-state index in [9.17, 15) is 24.7 Å². The van der Waals surface area contributed by atoms with Gasteiger partial charge in [-0.2, -0.15) is 0 Å². The largest absolute Gasteiger partial charge is 0.489 e. The Morgan fingerprint density at radius 1 is 1.11 bits per heavy atom. The molecule has 1 aromatic heterocycles. The number of para-hydroxylation sites is 1. The van der Waals surface area contributed by atoms with Gasteiger partial charge in [0.15, 0.2) is 0 Å². The number of nitrogens with zero attached hydrogens (tertiary/aromatic N) is 2. The predicted octanol–water partition coefficient (Wildman–Crippen LogP) is 4.35. The molecule has 3 aromatic rings. The molecule has 1 aliphatic heterocycles. The fraction of sp³-hybridized carbons (Fsp3) is 0.357. The first-order valence-electron chi connectivity index (χ1n) is 12.6. The van der Waals surface area contributed by atoms with Crippen molar-refractivity contribution in [2.45, 2.75) is 45.8 Å². The van der Waals surface area contributed by atoms with Gasteiger partial charge in [0.2, 0.25) is 11.8 Å². The summed E-state index contributed by atoms with van der Waals surface area (Å²) >= 11 is 0. The molecule has 3 atom stereocenters. The second-order valence-corrected chi connectivity index (χ2v) is 9.47. The van der Waals surface area contributed by atoms with Crippen molar-refractivity contribution in [3.05, 3.63) is 65.9 Å². The zero-order valence-corrected chi connectivity index (χ0v) is 21.4. The highest BCUT2D eigenvalue weighted by atomic mass is 16.5. The van der Waals surface area contributed by atoms with E-state index in [-0.39, 0.29) is 13.0 Å². The van der Waals surface area contributed by atoms with Crippen LogP contribution >= 0.6 is 0 Å². The number of hydrogen-bond donors (Lipinski definition) is 4. The number of ether oxygens (including phenoxy) is 1. The van der Waals surface area contributed by atoms with Gasteiger partial charge in [0.05, 0.1) is 17.4 Å². The maximum absolute atomic E-state index is 13.2. The van der Waals surface area contributed by atoms with E-state index in [4.69, 9.17) is 4.74 Å². The SMILES string of the molecule is CCC[C@@H]1[C@H](C(=O)NO)[C@@H](C(=O)Nc2ccc(OCc3cc(C)nc4ccccc34)cc2)CCN1C(=O)O. The molecule has 1 saturated heterocycles. The van der Waals surface area contributed by atoms with E-state index in [1.807, 2.05) is 44.2 Å². The van der Waals surface area contributed by atoms with Gasteiger partial charge in [-0.1, -0.05) is 31.5 Å². The summed E-state index contributed by atoms with van der Waals surface area (Å²) in [6.45, 7) is 4.30. The van der Waals surface area contributed by atoms with Gasteiger partial charge in [-0.3, -0.25) is 19.8 Å². The van der Waals surface area contributed by atoms with Crippen LogP contribution in [0.5, 0.6) is 5.75 Å². The first kappa shape index (κ1) is 26.9. The van der Waals surface area contributed by atoms with Gasteiger partial charge in [-0.15, -0.1) is 0 Å². The number of hydrogen-bond acceptors (Lipinski definition) is 6. The van der Waals surface area contributed by atoms with E-state index in [0.29, 0.717) is 30.9 Å². The van der Waals surface area contributed by atoms with Crippen molar-refractivity contribution in [3.8, 4) is 5.75 Å². The van der Waals surface area contributed by atoms with Gasteiger partial charge < -0.3 is 20.1 Å². The Morgan fingerprint density at radius 3 is 2.53 bits per heavy atom. The summed E-state index contributed by atoms with van der Waals surface area (Å²) < 4.78 is 5.99. The number of aryl methyl sites for hydroxylation is 1. The Bertz CT molecular complexity index is 1310. The molecule has 2 heterocycles. The van der Waals surface area contributed by atoms with Crippen molar-refractivity contribution in [2.24, 2.45) is 11.8 Å². The van der Waals surface area contributed by atoms with Crippen molar-refractivity contribution < 1.29 is 29.4 Å². The number of carbonyl (C=O) groups excluding carboxylic acids is 2. The number of nitrogens with one attached hydrogen (secondary N) is 2. The van der Waals surface area contributed by atoms with E-state index in [1.165, 1.54) is 4.90 Å². The summed E-state index contributed by atoms with van der Waals surface area (Å²) in [5.41, 5.74) is 4.98. The Morgan fingerprint density at radius 2 is 1.84 bits per heavy atom.